The van der Waals surface area contributed by atoms with Gasteiger partial charge in [0.1, 0.15) is 0 Å². The summed E-state index contributed by atoms with van der Waals surface area (Å²) in [6, 6.07) is 8.91. The molecule has 1 fully saturated rings. The summed E-state index contributed by atoms with van der Waals surface area (Å²) in [4.78, 5) is 0. The molecule has 1 aliphatic heterocycles. The highest BCUT2D eigenvalue weighted by atomic mass is 15.0. The molecule has 0 aromatic heterocycles. The zero-order chi connectivity index (χ0) is 10.3. The molecule has 2 atom stereocenters. The molecule has 1 aromatic rings. The Labute approximate surface area is 91.9 Å². The van der Waals surface area contributed by atoms with Crippen LogP contribution in [-0.2, 0) is 6.42 Å². The molecule has 2 unspecified atom stereocenters. The van der Waals surface area contributed by atoms with Crippen LogP contribution in [0, 0.1) is 0 Å². The number of benzene rings is 1. The van der Waals surface area contributed by atoms with Crippen LogP contribution in [0.25, 0.3) is 0 Å². The lowest BCUT2D eigenvalue weighted by molar-refractivity contribution is 0.335. The molecular weight excluding hydrogens is 182 g/mol. The maximum absolute atomic E-state index is 3.66. The third kappa shape index (κ3) is 1.59. The molecular formula is C14H19N. The standard InChI is InChI=1S/C14H19N/c1-14(7-4-8-15-14)10-12-9-11-5-2-3-6-13(11)12/h2-3,5-6,12,15H,4,7-10H2,1H3. The van der Waals surface area contributed by atoms with Gasteiger partial charge in [0, 0.05) is 5.54 Å². The molecule has 0 spiro atoms. The first-order valence-electron chi connectivity index (χ1n) is 6.10. The lowest BCUT2D eigenvalue weighted by Crippen LogP contribution is -2.39. The second kappa shape index (κ2) is 3.34. The second-order valence-electron chi connectivity index (χ2n) is 5.39. The fourth-order valence-electron chi connectivity index (χ4n) is 3.22. The molecule has 0 saturated carbocycles. The Morgan fingerprint density at radius 2 is 2.27 bits per heavy atom. The summed E-state index contributed by atoms with van der Waals surface area (Å²) < 4.78 is 0. The highest BCUT2D eigenvalue weighted by Gasteiger charge is 2.35. The minimum atomic E-state index is 0.415. The molecule has 0 amide bonds. The molecule has 1 heteroatoms. The zero-order valence-corrected chi connectivity index (χ0v) is 9.42. The van der Waals surface area contributed by atoms with Crippen molar-refractivity contribution in [3.8, 4) is 0 Å². The van der Waals surface area contributed by atoms with E-state index in [9.17, 15) is 0 Å². The monoisotopic (exact) mass is 201 g/mol. The molecule has 1 N–H and O–H groups in total. The van der Waals surface area contributed by atoms with E-state index in [-0.39, 0.29) is 0 Å². The topological polar surface area (TPSA) is 12.0 Å². The molecule has 1 saturated heterocycles. The Morgan fingerprint density at radius 3 is 3.00 bits per heavy atom. The van der Waals surface area contributed by atoms with Gasteiger partial charge in [0.15, 0.2) is 0 Å². The normalized spacial score (nSPS) is 33.5. The minimum absolute atomic E-state index is 0.415. The predicted molar refractivity (Wildman–Crippen MR) is 63.1 cm³/mol. The van der Waals surface area contributed by atoms with Crippen molar-refractivity contribution in [2.45, 2.75) is 44.1 Å². The summed E-state index contributed by atoms with van der Waals surface area (Å²) in [5.74, 6) is 0.816. The highest BCUT2D eigenvalue weighted by molar-refractivity contribution is 5.40. The quantitative estimate of drug-likeness (QED) is 0.776. The van der Waals surface area contributed by atoms with Crippen LogP contribution >= 0.6 is 0 Å². The summed E-state index contributed by atoms with van der Waals surface area (Å²) in [5.41, 5.74) is 3.59. The van der Waals surface area contributed by atoms with Crippen LogP contribution in [0.2, 0.25) is 0 Å². The van der Waals surface area contributed by atoms with Crippen LogP contribution < -0.4 is 5.32 Å². The number of fused-ring (bicyclic) bond motifs is 1. The Kier molecular flexibility index (Phi) is 2.10. The third-order valence-corrected chi connectivity index (χ3v) is 4.12. The van der Waals surface area contributed by atoms with Crippen LogP contribution in [0.15, 0.2) is 24.3 Å². The maximum Gasteiger partial charge on any atom is 0.0159 e. The zero-order valence-electron chi connectivity index (χ0n) is 9.42. The highest BCUT2D eigenvalue weighted by Crippen LogP contribution is 2.41. The van der Waals surface area contributed by atoms with Gasteiger partial charge in [-0.2, -0.15) is 0 Å². The van der Waals surface area contributed by atoms with Gasteiger partial charge in [0.2, 0.25) is 0 Å². The molecule has 80 valence electrons. The predicted octanol–water partition coefficient (Wildman–Crippen LogP) is 2.86. The van der Waals surface area contributed by atoms with Gasteiger partial charge in [-0.05, 0) is 56.2 Å². The van der Waals surface area contributed by atoms with Gasteiger partial charge in [-0.25, -0.2) is 0 Å². The van der Waals surface area contributed by atoms with E-state index in [1.807, 2.05) is 0 Å². The average Bonchev–Trinajstić information content (AvgIpc) is 2.62. The number of hydrogen-bond acceptors (Lipinski definition) is 1. The summed E-state index contributed by atoms with van der Waals surface area (Å²) in [6.45, 7) is 3.60. The van der Waals surface area contributed by atoms with Crippen LogP contribution in [0.4, 0.5) is 0 Å². The van der Waals surface area contributed by atoms with Crippen molar-refractivity contribution in [2.24, 2.45) is 0 Å². The van der Waals surface area contributed by atoms with Crippen molar-refractivity contribution in [3.05, 3.63) is 35.4 Å². The van der Waals surface area contributed by atoms with Gasteiger partial charge in [-0.15, -0.1) is 0 Å². The molecule has 1 heterocycles. The Bertz CT molecular complexity index is 363. The van der Waals surface area contributed by atoms with Crippen molar-refractivity contribution in [2.75, 3.05) is 6.54 Å². The lowest BCUT2D eigenvalue weighted by Gasteiger charge is -2.36. The van der Waals surface area contributed by atoms with Gasteiger partial charge in [-0.3, -0.25) is 0 Å². The van der Waals surface area contributed by atoms with Gasteiger partial charge in [-0.1, -0.05) is 24.3 Å². The number of rotatable bonds is 2. The molecule has 2 aliphatic rings. The Balaban J connectivity index is 1.72. The van der Waals surface area contributed by atoms with E-state index in [1.165, 1.54) is 32.2 Å². The summed E-state index contributed by atoms with van der Waals surface area (Å²) in [5, 5.41) is 3.66. The van der Waals surface area contributed by atoms with Crippen molar-refractivity contribution in [1.29, 1.82) is 0 Å². The third-order valence-electron chi connectivity index (χ3n) is 4.12. The number of hydrogen-bond donors (Lipinski definition) is 1. The first kappa shape index (κ1) is 9.41. The van der Waals surface area contributed by atoms with Gasteiger partial charge >= 0.3 is 0 Å². The van der Waals surface area contributed by atoms with E-state index < -0.39 is 0 Å². The van der Waals surface area contributed by atoms with Crippen molar-refractivity contribution >= 4 is 0 Å². The van der Waals surface area contributed by atoms with E-state index in [4.69, 9.17) is 0 Å². The van der Waals surface area contributed by atoms with Crippen molar-refractivity contribution in [3.63, 3.8) is 0 Å². The molecule has 1 nitrogen and oxygen atoms in total. The average molecular weight is 201 g/mol. The lowest BCUT2D eigenvalue weighted by atomic mass is 9.71. The maximum atomic E-state index is 3.66. The van der Waals surface area contributed by atoms with Crippen molar-refractivity contribution < 1.29 is 0 Å². The summed E-state index contributed by atoms with van der Waals surface area (Å²) >= 11 is 0. The van der Waals surface area contributed by atoms with Gasteiger partial charge in [0.25, 0.3) is 0 Å². The smallest absolute Gasteiger partial charge is 0.0159 e. The minimum Gasteiger partial charge on any atom is -0.311 e. The first-order chi connectivity index (χ1) is 7.27. The second-order valence-corrected chi connectivity index (χ2v) is 5.39. The largest absolute Gasteiger partial charge is 0.311 e. The van der Waals surface area contributed by atoms with Gasteiger partial charge in [0.05, 0.1) is 0 Å². The molecule has 3 rings (SSSR count). The Hall–Kier alpha value is -0.820. The summed E-state index contributed by atoms with van der Waals surface area (Å²) in [6.07, 6.45) is 5.33. The molecule has 1 aromatic carbocycles. The molecule has 0 bridgehead atoms. The van der Waals surface area contributed by atoms with Gasteiger partial charge < -0.3 is 5.32 Å². The van der Waals surface area contributed by atoms with Crippen molar-refractivity contribution in [1.82, 2.24) is 5.32 Å². The van der Waals surface area contributed by atoms with E-state index in [2.05, 4.69) is 36.5 Å². The molecule has 1 aliphatic carbocycles. The molecule has 15 heavy (non-hydrogen) atoms. The first-order valence-corrected chi connectivity index (χ1v) is 6.10. The summed E-state index contributed by atoms with van der Waals surface area (Å²) in [7, 11) is 0. The molecule has 0 radical (unpaired) electrons. The van der Waals surface area contributed by atoms with E-state index in [0.717, 1.165) is 5.92 Å². The van der Waals surface area contributed by atoms with Crippen LogP contribution in [0.5, 0.6) is 0 Å². The Morgan fingerprint density at radius 1 is 1.40 bits per heavy atom. The van der Waals surface area contributed by atoms with Crippen LogP contribution in [-0.4, -0.2) is 12.1 Å². The van der Waals surface area contributed by atoms with E-state index >= 15 is 0 Å². The van der Waals surface area contributed by atoms with E-state index in [1.54, 1.807) is 11.1 Å². The van der Waals surface area contributed by atoms with Crippen LogP contribution in [0.1, 0.15) is 43.2 Å². The fraction of sp³-hybridized carbons (Fsp3) is 0.571. The van der Waals surface area contributed by atoms with E-state index in [0.29, 0.717) is 5.54 Å². The fourth-order valence-corrected chi connectivity index (χ4v) is 3.22. The number of nitrogens with one attached hydrogen (secondary N) is 1. The SMILES string of the molecule is CC1(CC2Cc3ccccc32)CCCN1. The van der Waals surface area contributed by atoms with Crippen LogP contribution in [0.3, 0.4) is 0 Å².